The summed E-state index contributed by atoms with van der Waals surface area (Å²) in [7, 11) is 2.60. The molecule has 0 aliphatic carbocycles. The molecule has 28 heavy (non-hydrogen) atoms. The molecule has 1 aliphatic rings. The van der Waals surface area contributed by atoms with Crippen LogP contribution in [0.5, 0.6) is 17.2 Å². The predicted octanol–water partition coefficient (Wildman–Crippen LogP) is -2.73. The Balaban J connectivity index is 2.36. The van der Waals surface area contributed by atoms with Crippen molar-refractivity contribution in [3.05, 3.63) is 17.7 Å². The third-order valence-corrected chi connectivity index (χ3v) is 4.46. The minimum Gasteiger partial charge on any atom is -0.493 e. The Kier molecular flexibility index (Phi) is 7.80. The van der Waals surface area contributed by atoms with E-state index in [-0.39, 0.29) is 22.8 Å². The van der Waals surface area contributed by atoms with Crippen molar-refractivity contribution in [1.29, 1.82) is 0 Å². The zero-order valence-electron chi connectivity index (χ0n) is 15.4. The Morgan fingerprint density at radius 1 is 0.964 bits per heavy atom. The van der Waals surface area contributed by atoms with Crippen molar-refractivity contribution < 1.29 is 54.7 Å². The van der Waals surface area contributed by atoms with E-state index in [4.69, 9.17) is 24.1 Å². The summed E-state index contributed by atoms with van der Waals surface area (Å²) in [6.07, 6.45) is -10.3. The summed E-state index contributed by atoms with van der Waals surface area (Å²) >= 11 is 0. The van der Waals surface area contributed by atoms with Crippen LogP contribution in [0.4, 0.5) is 0 Å². The fourth-order valence-electron chi connectivity index (χ4n) is 2.79. The Morgan fingerprint density at radius 3 is 2.00 bits per heavy atom. The van der Waals surface area contributed by atoms with Crippen LogP contribution < -0.4 is 14.2 Å². The first-order valence-electron chi connectivity index (χ1n) is 8.49. The molecular formula is C17H26O11. The van der Waals surface area contributed by atoms with E-state index in [1.807, 2.05) is 0 Å². The minimum absolute atomic E-state index is 0.0375. The van der Waals surface area contributed by atoms with Crippen LogP contribution in [0.1, 0.15) is 11.7 Å². The molecule has 2 rings (SSSR count). The first-order chi connectivity index (χ1) is 13.3. The van der Waals surface area contributed by atoms with Gasteiger partial charge in [0.1, 0.15) is 36.6 Å². The maximum absolute atomic E-state index is 10.1. The lowest BCUT2D eigenvalue weighted by molar-refractivity contribution is -0.277. The Bertz CT molecular complexity index is 613. The van der Waals surface area contributed by atoms with E-state index in [9.17, 15) is 30.6 Å². The van der Waals surface area contributed by atoms with Gasteiger partial charge in [-0.1, -0.05) is 0 Å². The molecule has 160 valence electrons. The summed E-state index contributed by atoms with van der Waals surface area (Å²) in [5.74, 6) is 0.0229. The van der Waals surface area contributed by atoms with Crippen LogP contribution >= 0.6 is 0 Å². The van der Waals surface area contributed by atoms with Gasteiger partial charge in [-0.05, 0) is 17.7 Å². The Hall–Kier alpha value is -1.70. The SMILES string of the molecule is COc1cc([C@@H](O)[C@@H](O)CO)cc(OC)c1O[C@@H]1O[C@H](CO)[C@@H](O)[C@H](O)[C@H]1O. The topological polar surface area (TPSA) is 179 Å². The largest absolute Gasteiger partial charge is 0.493 e. The molecule has 0 unspecified atom stereocenters. The first-order valence-corrected chi connectivity index (χ1v) is 8.49. The quantitative estimate of drug-likeness (QED) is 0.238. The van der Waals surface area contributed by atoms with E-state index in [0.29, 0.717) is 0 Å². The second-order valence-electron chi connectivity index (χ2n) is 6.26. The van der Waals surface area contributed by atoms with Gasteiger partial charge in [0.05, 0.1) is 27.4 Å². The lowest BCUT2D eigenvalue weighted by atomic mass is 9.99. The van der Waals surface area contributed by atoms with E-state index in [1.165, 1.54) is 26.4 Å². The van der Waals surface area contributed by atoms with Gasteiger partial charge in [0.15, 0.2) is 11.5 Å². The number of aliphatic hydroxyl groups excluding tert-OH is 7. The van der Waals surface area contributed by atoms with Gasteiger partial charge >= 0.3 is 0 Å². The van der Waals surface area contributed by atoms with E-state index in [2.05, 4.69) is 0 Å². The highest BCUT2D eigenvalue weighted by molar-refractivity contribution is 5.54. The van der Waals surface area contributed by atoms with Crippen LogP contribution in [0.3, 0.4) is 0 Å². The number of benzene rings is 1. The molecule has 0 amide bonds. The first kappa shape index (κ1) is 22.6. The maximum Gasteiger partial charge on any atom is 0.229 e. The van der Waals surface area contributed by atoms with Gasteiger partial charge in [0, 0.05) is 0 Å². The van der Waals surface area contributed by atoms with Gasteiger partial charge in [-0.2, -0.15) is 0 Å². The van der Waals surface area contributed by atoms with Crippen molar-refractivity contribution in [2.24, 2.45) is 0 Å². The van der Waals surface area contributed by atoms with E-state index >= 15 is 0 Å². The molecule has 1 aromatic carbocycles. The van der Waals surface area contributed by atoms with Gasteiger partial charge in [-0.25, -0.2) is 0 Å². The average molecular weight is 406 g/mol. The molecule has 7 atom stereocenters. The summed E-state index contributed by atoms with van der Waals surface area (Å²) in [5, 5.41) is 67.9. The maximum atomic E-state index is 10.1. The van der Waals surface area contributed by atoms with E-state index < -0.39 is 56.1 Å². The fourth-order valence-corrected chi connectivity index (χ4v) is 2.79. The molecule has 0 saturated carbocycles. The highest BCUT2D eigenvalue weighted by Crippen LogP contribution is 2.42. The number of rotatable bonds is 8. The molecule has 0 aromatic heterocycles. The van der Waals surface area contributed by atoms with Crippen LogP contribution in [0.15, 0.2) is 12.1 Å². The second-order valence-corrected chi connectivity index (χ2v) is 6.26. The van der Waals surface area contributed by atoms with E-state index in [0.717, 1.165) is 0 Å². The summed E-state index contributed by atoms with van der Waals surface area (Å²) in [6.45, 7) is -1.29. The van der Waals surface area contributed by atoms with Crippen LogP contribution in [-0.2, 0) is 4.74 Å². The normalized spacial score (nSPS) is 29.8. The van der Waals surface area contributed by atoms with Gasteiger partial charge in [-0.15, -0.1) is 0 Å². The van der Waals surface area contributed by atoms with Crippen molar-refractivity contribution in [3.8, 4) is 17.2 Å². The average Bonchev–Trinajstić information content (AvgIpc) is 2.72. The van der Waals surface area contributed by atoms with Crippen LogP contribution in [0, 0.1) is 0 Å². The molecule has 1 saturated heterocycles. The number of methoxy groups -OCH3 is 2. The molecule has 0 spiro atoms. The molecule has 0 radical (unpaired) electrons. The molecular weight excluding hydrogens is 380 g/mol. The molecule has 7 N–H and O–H groups in total. The smallest absolute Gasteiger partial charge is 0.229 e. The predicted molar refractivity (Wildman–Crippen MR) is 92.0 cm³/mol. The van der Waals surface area contributed by atoms with E-state index in [1.54, 1.807) is 0 Å². The summed E-state index contributed by atoms with van der Waals surface area (Å²) in [4.78, 5) is 0. The van der Waals surface area contributed by atoms with Crippen LogP contribution in [0.25, 0.3) is 0 Å². The molecule has 11 nitrogen and oxygen atoms in total. The highest BCUT2D eigenvalue weighted by Gasteiger charge is 2.45. The van der Waals surface area contributed by atoms with Crippen LogP contribution in [0.2, 0.25) is 0 Å². The molecule has 11 heteroatoms. The van der Waals surface area contributed by atoms with Crippen molar-refractivity contribution in [3.63, 3.8) is 0 Å². The Morgan fingerprint density at radius 2 is 1.54 bits per heavy atom. The second kappa shape index (κ2) is 9.67. The van der Waals surface area contributed by atoms with Gasteiger partial charge in [0.25, 0.3) is 0 Å². The monoisotopic (exact) mass is 406 g/mol. The number of ether oxygens (including phenoxy) is 4. The van der Waals surface area contributed by atoms with Gasteiger partial charge in [0.2, 0.25) is 12.0 Å². The van der Waals surface area contributed by atoms with Crippen molar-refractivity contribution in [1.82, 2.24) is 0 Å². The zero-order chi connectivity index (χ0) is 21.0. The third kappa shape index (κ3) is 4.47. The lowest BCUT2D eigenvalue weighted by Crippen LogP contribution is -2.60. The molecule has 1 fully saturated rings. The highest BCUT2D eigenvalue weighted by atomic mass is 16.7. The minimum atomic E-state index is -1.64. The molecule has 0 bridgehead atoms. The zero-order valence-corrected chi connectivity index (χ0v) is 15.4. The van der Waals surface area contributed by atoms with Crippen molar-refractivity contribution >= 4 is 0 Å². The number of aliphatic hydroxyl groups is 7. The van der Waals surface area contributed by atoms with Crippen molar-refractivity contribution in [2.75, 3.05) is 27.4 Å². The molecule has 1 aromatic rings. The van der Waals surface area contributed by atoms with Gasteiger partial charge < -0.3 is 54.7 Å². The standard InChI is InChI=1S/C17H26O11/c1-25-9-3-7(12(21)8(20)5-18)4-10(26-2)16(9)28-17-15(24)14(23)13(22)11(6-19)27-17/h3-4,8,11-15,17-24H,5-6H2,1-2H3/t8-,11+,12+,13+,14-,15+,17-/m0/s1. The molecule has 1 aliphatic heterocycles. The summed E-state index contributed by atoms with van der Waals surface area (Å²) < 4.78 is 21.3. The van der Waals surface area contributed by atoms with Gasteiger partial charge in [-0.3, -0.25) is 0 Å². The lowest BCUT2D eigenvalue weighted by Gasteiger charge is -2.39. The summed E-state index contributed by atoms with van der Waals surface area (Å²) in [5.41, 5.74) is 0.163. The fraction of sp³-hybridized carbons (Fsp3) is 0.647. The number of hydrogen-bond donors (Lipinski definition) is 7. The third-order valence-electron chi connectivity index (χ3n) is 4.46. The number of hydrogen-bond acceptors (Lipinski definition) is 11. The van der Waals surface area contributed by atoms with Crippen molar-refractivity contribution in [2.45, 2.75) is 42.9 Å². The van der Waals surface area contributed by atoms with Crippen LogP contribution in [-0.4, -0.2) is 100.0 Å². The summed E-state index contributed by atoms with van der Waals surface area (Å²) in [6, 6.07) is 2.65. The Labute approximate surface area is 160 Å². The molecule has 1 heterocycles.